The molecule has 1 aromatic carbocycles. The molecule has 0 unspecified atom stereocenters. The predicted molar refractivity (Wildman–Crippen MR) is 79.7 cm³/mol. The first-order valence-corrected chi connectivity index (χ1v) is 6.75. The van der Waals surface area contributed by atoms with Crippen LogP contribution in [0.5, 0.6) is 0 Å². The van der Waals surface area contributed by atoms with Gasteiger partial charge in [-0.1, -0.05) is 0 Å². The normalized spacial score (nSPS) is 11.2. The smallest absolute Gasteiger partial charge is 0.328 e. The van der Waals surface area contributed by atoms with E-state index in [1.807, 2.05) is 0 Å². The number of ether oxygens (including phenoxy) is 1. The second-order valence-electron chi connectivity index (χ2n) is 4.62. The third-order valence-electron chi connectivity index (χ3n) is 2.91. The number of carbonyl (C=O) groups is 3. The van der Waals surface area contributed by atoms with Gasteiger partial charge in [-0.15, -0.1) is 0 Å². The van der Waals surface area contributed by atoms with Gasteiger partial charge in [0.1, 0.15) is 6.04 Å². The van der Waals surface area contributed by atoms with Crippen molar-refractivity contribution >= 4 is 23.5 Å². The van der Waals surface area contributed by atoms with Crippen molar-refractivity contribution in [3.63, 3.8) is 0 Å². The average Bonchev–Trinajstić information content (AvgIpc) is 2.53. The van der Waals surface area contributed by atoms with Gasteiger partial charge >= 0.3 is 5.97 Å². The number of esters is 1. The number of non-ortho nitro benzene ring substituents is 1. The van der Waals surface area contributed by atoms with E-state index in [9.17, 15) is 24.5 Å². The molecule has 2 amide bonds. The van der Waals surface area contributed by atoms with E-state index >= 15 is 0 Å². The van der Waals surface area contributed by atoms with Crippen LogP contribution in [0.2, 0.25) is 0 Å². The van der Waals surface area contributed by atoms with Gasteiger partial charge in [-0.25, -0.2) is 4.79 Å². The summed E-state index contributed by atoms with van der Waals surface area (Å²) in [4.78, 5) is 44.5. The summed E-state index contributed by atoms with van der Waals surface area (Å²) in [5.74, 6) is -1.42. The molecule has 124 valence electrons. The Kier molecular flexibility index (Phi) is 6.66. The van der Waals surface area contributed by atoms with Crippen molar-refractivity contribution in [2.45, 2.75) is 19.4 Å². The van der Waals surface area contributed by atoms with E-state index in [-0.39, 0.29) is 24.2 Å². The zero-order valence-electron chi connectivity index (χ0n) is 12.7. The van der Waals surface area contributed by atoms with Crippen LogP contribution in [0, 0.1) is 10.1 Å². The number of benzene rings is 1. The number of nitrogens with zero attached hydrogens (tertiary/aromatic N) is 1. The lowest BCUT2D eigenvalue weighted by Gasteiger charge is -2.11. The van der Waals surface area contributed by atoms with Crippen LogP contribution in [0.3, 0.4) is 0 Å². The number of nitro benzene ring substituents is 1. The Morgan fingerprint density at radius 3 is 2.39 bits per heavy atom. The van der Waals surface area contributed by atoms with Crippen molar-refractivity contribution in [3.05, 3.63) is 39.9 Å². The van der Waals surface area contributed by atoms with E-state index in [2.05, 4.69) is 15.4 Å². The Morgan fingerprint density at radius 1 is 1.26 bits per heavy atom. The minimum Gasteiger partial charge on any atom is -0.467 e. The number of nitro groups is 1. The first-order chi connectivity index (χ1) is 10.8. The number of nitrogens with one attached hydrogen (secondary N) is 2. The summed E-state index contributed by atoms with van der Waals surface area (Å²) < 4.78 is 4.47. The molecule has 0 aliphatic heterocycles. The van der Waals surface area contributed by atoms with Gasteiger partial charge < -0.3 is 15.4 Å². The zero-order chi connectivity index (χ0) is 17.4. The topological polar surface area (TPSA) is 128 Å². The fourth-order valence-electron chi connectivity index (χ4n) is 1.68. The number of amides is 2. The molecule has 0 heterocycles. The molecule has 1 atom stereocenters. The molecule has 0 saturated carbocycles. The first kappa shape index (κ1) is 18.1. The summed E-state index contributed by atoms with van der Waals surface area (Å²) in [6.07, 6.45) is -0.0138. The molecular weight excluding hydrogens is 306 g/mol. The second-order valence-corrected chi connectivity index (χ2v) is 4.62. The molecule has 1 rings (SSSR count). The maximum absolute atomic E-state index is 11.8. The molecule has 1 aromatic rings. The van der Waals surface area contributed by atoms with Gasteiger partial charge in [0.2, 0.25) is 5.91 Å². The Morgan fingerprint density at radius 2 is 1.87 bits per heavy atom. The van der Waals surface area contributed by atoms with Gasteiger partial charge in [0.25, 0.3) is 11.6 Å². The van der Waals surface area contributed by atoms with Crippen LogP contribution in [0.4, 0.5) is 5.69 Å². The Hall–Kier alpha value is -2.97. The minimum absolute atomic E-state index is 0.0138. The van der Waals surface area contributed by atoms with Crippen LogP contribution in [0.15, 0.2) is 24.3 Å². The maximum atomic E-state index is 11.8. The van der Waals surface area contributed by atoms with Gasteiger partial charge in [-0.05, 0) is 19.1 Å². The molecule has 0 fully saturated rings. The van der Waals surface area contributed by atoms with Crippen LogP contribution in [0.25, 0.3) is 0 Å². The van der Waals surface area contributed by atoms with E-state index in [4.69, 9.17) is 0 Å². The van der Waals surface area contributed by atoms with Crippen LogP contribution < -0.4 is 10.6 Å². The number of hydrogen-bond donors (Lipinski definition) is 2. The van der Waals surface area contributed by atoms with Crippen molar-refractivity contribution in [1.29, 1.82) is 0 Å². The van der Waals surface area contributed by atoms with Crippen molar-refractivity contribution in [2.75, 3.05) is 13.7 Å². The van der Waals surface area contributed by atoms with Crippen LogP contribution in [0.1, 0.15) is 23.7 Å². The van der Waals surface area contributed by atoms with Crippen molar-refractivity contribution in [1.82, 2.24) is 10.6 Å². The molecule has 0 spiro atoms. The zero-order valence-corrected chi connectivity index (χ0v) is 12.7. The van der Waals surface area contributed by atoms with Crippen molar-refractivity contribution in [3.8, 4) is 0 Å². The first-order valence-electron chi connectivity index (χ1n) is 6.75. The van der Waals surface area contributed by atoms with Gasteiger partial charge in [0, 0.05) is 30.7 Å². The SMILES string of the molecule is COC(=O)[C@H](C)NC(=O)CCNC(=O)c1ccc([N+](=O)[O-])cc1. The third-order valence-corrected chi connectivity index (χ3v) is 2.91. The quantitative estimate of drug-likeness (QED) is 0.424. The van der Waals surface area contributed by atoms with E-state index in [0.717, 1.165) is 0 Å². The van der Waals surface area contributed by atoms with Crippen LogP contribution in [-0.4, -0.2) is 42.4 Å². The molecule has 0 bridgehead atoms. The lowest BCUT2D eigenvalue weighted by molar-refractivity contribution is -0.384. The molecule has 0 aromatic heterocycles. The number of rotatable bonds is 7. The largest absolute Gasteiger partial charge is 0.467 e. The summed E-state index contributed by atoms with van der Waals surface area (Å²) in [6, 6.07) is 4.33. The minimum atomic E-state index is -0.766. The van der Waals surface area contributed by atoms with Crippen LogP contribution >= 0.6 is 0 Å². The van der Waals surface area contributed by atoms with Crippen molar-refractivity contribution < 1.29 is 24.0 Å². The summed E-state index contributed by atoms with van der Waals surface area (Å²) in [6.45, 7) is 1.55. The molecule has 0 saturated heterocycles. The molecule has 23 heavy (non-hydrogen) atoms. The Bertz CT molecular complexity index is 599. The van der Waals surface area contributed by atoms with E-state index in [1.165, 1.54) is 38.3 Å². The molecular formula is C14H17N3O6. The summed E-state index contributed by atoms with van der Waals surface area (Å²) in [7, 11) is 1.22. The van der Waals surface area contributed by atoms with Gasteiger partial charge in [-0.3, -0.25) is 19.7 Å². The van der Waals surface area contributed by atoms with E-state index < -0.39 is 28.7 Å². The standard InChI is InChI=1S/C14H17N3O6/c1-9(14(20)23-2)16-12(18)7-8-15-13(19)10-3-5-11(6-4-10)17(21)22/h3-6,9H,7-8H2,1-2H3,(H,15,19)(H,16,18)/t9-/m0/s1. The molecule has 2 N–H and O–H groups in total. The summed E-state index contributed by atoms with van der Waals surface area (Å²) >= 11 is 0. The van der Waals surface area contributed by atoms with Gasteiger partial charge in [0.05, 0.1) is 12.0 Å². The lowest BCUT2D eigenvalue weighted by Crippen LogP contribution is -2.40. The molecule has 9 heteroatoms. The predicted octanol–water partition coefficient (Wildman–Crippen LogP) is 0.392. The lowest BCUT2D eigenvalue weighted by atomic mass is 10.2. The van der Waals surface area contributed by atoms with E-state index in [1.54, 1.807) is 0 Å². The second kappa shape index (κ2) is 8.47. The monoisotopic (exact) mass is 323 g/mol. The number of hydrogen-bond acceptors (Lipinski definition) is 6. The molecule has 9 nitrogen and oxygen atoms in total. The van der Waals surface area contributed by atoms with E-state index in [0.29, 0.717) is 0 Å². The highest BCUT2D eigenvalue weighted by Crippen LogP contribution is 2.11. The van der Waals surface area contributed by atoms with Gasteiger partial charge in [0.15, 0.2) is 0 Å². The molecule has 0 aliphatic rings. The summed E-state index contributed by atoms with van der Waals surface area (Å²) in [5.41, 5.74) is 0.136. The van der Waals surface area contributed by atoms with Crippen molar-refractivity contribution in [2.24, 2.45) is 0 Å². The molecule has 0 radical (unpaired) electrons. The number of methoxy groups -OCH3 is 1. The highest BCUT2D eigenvalue weighted by molar-refractivity contribution is 5.94. The highest BCUT2D eigenvalue weighted by atomic mass is 16.6. The number of carbonyl (C=O) groups excluding carboxylic acids is 3. The van der Waals surface area contributed by atoms with Crippen LogP contribution in [-0.2, 0) is 14.3 Å². The Labute approximate surface area is 132 Å². The van der Waals surface area contributed by atoms with Gasteiger partial charge in [-0.2, -0.15) is 0 Å². The summed E-state index contributed by atoms with van der Waals surface area (Å²) in [5, 5.41) is 15.4. The maximum Gasteiger partial charge on any atom is 0.328 e. The highest BCUT2D eigenvalue weighted by Gasteiger charge is 2.15. The average molecular weight is 323 g/mol. The molecule has 0 aliphatic carbocycles. The third kappa shape index (κ3) is 5.73. The Balaban J connectivity index is 2.40. The fraction of sp³-hybridized carbons (Fsp3) is 0.357. The fourth-order valence-corrected chi connectivity index (χ4v) is 1.68.